The van der Waals surface area contributed by atoms with Gasteiger partial charge in [0.15, 0.2) is 0 Å². The highest BCUT2D eigenvalue weighted by Gasteiger charge is 1.99. The second-order valence-corrected chi connectivity index (χ2v) is 4.51. The largest absolute Gasteiger partial charge is 0.493 e. The molecule has 90 valence electrons. The van der Waals surface area contributed by atoms with Crippen molar-refractivity contribution in [2.75, 3.05) is 13.2 Å². The minimum absolute atomic E-state index is 0.248. The predicted octanol–water partition coefficient (Wildman–Crippen LogP) is 3.52. The maximum Gasteiger partial charge on any atom is 0.128 e. The van der Waals surface area contributed by atoms with E-state index < -0.39 is 0 Å². The third kappa shape index (κ3) is 5.47. The first-order valence-corrected chi connectivity index (χ1v) is 6.21. The normalized spacial score (nSPS) is 10.4. The van der Waals surface area contributed by atoms with Gasteiger partial charge in [0, 0.05) is 17.1 Å². The summed E-state index contributed by atoms with van der Waals surface area (Å²) in [6.07, 6.45) is 3.80. The van der Waals surface area contributed by atoms with Crippen molar-refractivity contribution in [1.29, 1.82) is 0 Å². The van der Waals surface area contributed by atoms with Crippen molar-refractivity contribution in [3.63, 3.8) is 0 Å². The van der Waals surface area contributed by atoms with Gasteiger partial charge in [-0.15, -0.1) is 0 Å². The first kappa shape index (κ1) is 13.5. The summed E-state index contributed by atoms with van der Waals surface area (Å²) in [5.41, 5.74) is 0. The highest BCUT2D eigenvalue weighted by Crippen LogP contribution is 2.20. The molecule has 0 aromatic heterocycles. The number of aliphatic hydroxyl groups is 1. The molecule has 0 aliphatic heterocycles. The number of halogens is 2. The molecule has 1 aromatic carbocycles. The Morgan fingerprint density at radius 3 is 2.56 bits per heavy atom. The summed E-state index contributed by atoms with van der Waals surface area (Å²) >= 11 is 3.21. The first-order valence-electron chi connectivity index (χ1n) is 5.42. The molecule has 0 atom stereocenters. The summed E-state index contributed by atoms with van der Waals surface area (Å²) in [4.78, 5) is 0. The lowest BCUT2D eigenvalue weighted by Gasteiger charge is -2.06. The third-order valence-corrected chi connectivity index (χ3v) is 2.62. The van der Waals surface area contributed by atoms with Gasteiger partial charge in [0.05, 0.1) is 6.61 Å². The fraction of sp³-hybridized carbons (Fsp3) is 0.500. The standard InChI is InChI=1S/C12H16BrFO2/c13-10-7-11(14)9-12(8-10)16-6-4-2-1-3-5-15/h7-9,15H,1-6H2. The van der Waals surface area contributed by atoms with Crippen LogP contribution in [0.4, 0.5) is 4.39 Å². The van der Waals surface area contributed by atoms with Gasteiger partial charge in [-0.25, -0.2) is 4.39 Å². The first-order chi connectivity index (χ1) is 7.72. The number of aliphatic hydroxyl groups excluding tert-OH is 1. The molecule has 0 fully saturated rings. The maximum absolute atomic E-state index is 13.0. The average molecular weight is 291 g/mol. The minimum Gasteiger partial charge on any atom is -0.493 e. The number of hydrogen-bond donors (Lipinski definition) is 1. The molecule has 0 unspecified atom stereocenters. The third-order valence-electron chi connectivity index (χ3n) is 2.16. The molecule has 16 heavy (non-hydrogen) atoms. The molecule has 0 aliphatic carbocycles. The van der Waals surface area contributed by atoms with Crippen molar-refractivity contribution in [2.45, 2.75) is 25.7 Å². The van der Waals surface area contributed by atoms with Gasteiger partial charge in [0.1, 0.15) is 11.6 Å². The Bertz CT molecular complexity index is 298. The Kier molecular flexibility index (Phi) is 6.42. The van der Waals surface area contributed by atoms with Crippen molar-refractivity contribution >= 4 is 15.9 Å². The Morgan fingerprint density at radius 2 is 1.88 bits per heavy atom. The van der Waals surface area contributed by atoms with Crippen LogP contribution in [0.3, 0.4) is 0 Å². The zero-order chi connectivity index (χ0) is 11.8. The number of benzene rings is 1. The number of ether oxygens (including phenoxy) is 1. The van der Waals surface area contributed by atoms with Crippen LogP contribution < -0.4 is 4.74 Å². The van der Waals surface area contributed by atoms with Crippen LogP contribution in [0.15, 0.2) is 22.7 Å². The summed E-state index contributed by atoms with van der Waals surface area (Å²) in [6.45, 7) is 0.832. The van der Waals surface area contributed by atoms with Gasteiger partial charge in [-0.3, -0.25) is 0 Å². The van der Waals surface area contributed by atoms with E-state index in [1.165, 1.54) is 12.1 Å². The molecule has 0 saturated carbocycles. The summed E-state index contributed by atoms with van der Waals surface area (Å²) in [7, 11) is 0. The van der Waals surface area contributed by atoms with Crippen LogP contribution in [0.1, 0.15) is 25.7 Å². The molecule has 0 aliphatic rings. The lowest BCUT2D eigenvalue weighted by Crippen LogP contribution is -1.98. The van der Waals surface area contributed by atoms with Crippen LogP contribution in [0, 0.1) is 5.82 Å². The highest BCUT2D eigenvalue weighted by molar-refractivity contribution is 9.10. The number of unbranched alkanes of at least 4 members (excludes halogenated alkanes) is 3. The quantitative estimate of drug-likeness (QED) is 0.779. The Labute approximate surface area is 104 Å². The average Bonchev–Trinajstić information content (AvgIpc) is 2.22. The van der Waals surface area contributed by atoms with E-state index in [2.05, 4.69) is 15.9 Å². The molecule has 0 bridgehead atoms. The van der Waals surface area contributed by atoms with Crippen molar-refractivity contribution in [3.8, 4) is 5.75 Å². The Balaban J connectivity index is 2.21. The lowest BCUT2D eigenvalue weighted by atomic mass is 10.2. The summed E-state index contributed by atoms with van der Waals surface area (Å²) in [5, 5.41) is 8.58. The summed E-state index contributed by atoms with van der Waals surface area (Å²) in [6, 6.07) is 4.52. The van der Waals surface area contributed by atoms with Gasteiger partial charge < -0.3 is 9.84 Å². The molecule has 0 heterocycles. The minimum atomic E-state index is -0.301. The molecule has 2 nitrogen and oxygen atoms in total. The molecule has 0 saturated heterocycles. The number of hydrogen-bond acceptors (Lipinski definition) is 2. The maximum atomic E-state index is 13.0. The fourth-order valence-corrected chi connectivity index (χ4v) is 1.81. The van der Waals surface area contributed by atoms with Crippen LogP contribution in [0.5, 0.6) is 5.75 Å². The van der Waals surface area contributed by atoms with E-state index in [9.17, 15) is 4.39 Å². The second kappa shape index (κ2) is 7.63. The zero-order valence-electron chi connectivity index (χ0n) is 9.09. The highest BCUT2D eigenvalue weighted by atomic mass is 79.9. The van der Waals surface area contributed by atoms with Crippen LogP contribution in [-0.4, -0.2) is 18.3 Å². The molecule has 0 amide bonds. The van der Waals surface area contributed by atoms with E-state index in [1.54, 1.807) is 6.07 Å². The SMILES string of the molecule is OCCCCCCOc1cc(F)cc(Br)c1. The van der Waals surface area contributed by atoms with E-state index in [1.807, 2.05) is 0 Å². The van der Waals surface area contributed by atoms with Gasteiger partial charge in [-0.1, -0.05) is 22.4 Å². The van der Waals surface area contributed by atoms with E-state index in [4.69, 9.17) is 9.84 Å². The molecular formula is C12H16BrFO2. The fourth-order valence-electron chi connectivity index (χ4n) is 1.37. The number of rotatable bonds is 7. The topological polar surface area (TPSA) is 29.5 Å². The molecule has 4 heteroatoms. The molecule has 1 N–H and O–H groups in total. The van der Waals surface area contributed by atoms with Crippen LogP contribution in [-0.2, 0) is 0 Å². The van der Waals surface area contributed by atoms with Crippen LogP contribution in [0.25, 0.3) is 0 Å². The van der Waals surface area contributed by atoms with Crippen molar-refractivity contribution < 1.29 is 14.2 Å². The van der Waals surface area contributed by atoms with Crippen molar-refractivity contribution in [3.05, 3.63) is 28.5 Å². The van der Waals surface area contributed by atoms with E-state index in [0.717, 1.165) is 25.7 Å². The molecule has 0 spiro atoms. The Morgan fingerprint density at radius 1 is 1.12 bits per heavy atom. The molecule has 1 rings (SSSR count). The Hall–Kier alpha value is -0.610. The predicted molar refractivity (Wildman–Crippen MR) is 65.1 cm³/mol. The van der Waals surface area contributed by atoms with Gasteiger partial charge in [-0.2, -0.15) is 0 Å². The van der Waals surface area contributed by atoms with Crippen LogP contribution >= 0.6 is 15.9 Å². The van der Waals surface area contributed by atoms with Gasteiger partial charge in [0.25, 0.3) is 0 Å². The lowest BCUT2D eigenvalue weighted by molar-refractivity contribution is 0.273. The molecule has 0 radical (unpaired) electrons. The van der Waals surface area contributed by atoms with Gasteiger partial charge in [-0.05, 0) is 31.4 Å². The van der Waals surface area contributed by atoms with Crippen LogP contribution in [0.2, 0.25) is 0 Å². The second-order valence-electron chi connectivity index (χ2n) is 3.59. The van der Waals surface area contributed by atoms with Gasteiger partial charge in [0.2, 0.25) is 0 Å². The van der Waals surface area contributed by atoms with E-state index in [-0.39, 0.29) is 12.4 Å². The smallest absolute Gasteiger partial charge is 0.128 e. The van der Waals surface area contributed by atoms with E-state index >= 15 is 0 Å². The van der Waals surface area contributed by atoms with Crippen molar-refractivity contribution in [2.24, 2.45) is 0 Å². The van der Waals surface area contributed by atoms with Crippen molar-refractivity contribution in [1.82, 2.24) is 0 Å². The van der Waals surface area contributed by atoms with E-state index in [0.29, 0.717) is 16.8 Å². The monoisotopic (exact) mass is 290 g/mol. The molecule has 1 aromatic rings. The summed E-state index contributed by atoms with van der Waals surface area (Å²) in [5.74, 6) is 0.249. The summed E-state index contributed by atoms with van der Waals surface area (Å²) < 4.78 is 19.1. The zero-order valence-corrected chi connectivity index (χ0v) is 10.7. The molecular weight excluding hydrogens is 275 g/mol. The van der Waals surface area contributed by atoms with Gasteiger partial charge >= 0.3 is 0 Å².